The molecular weight excluding hydrogens is 286 g/mol. The standard InChI is InChI=1S/C20H25NO2/c1-14-4-5-15(2)18(12-14)13-20(23)21-16(3)6-7-17-8-10-19(22)11-9-17/h4-5,8-12,16,22H,6-7,13H2,1-3H3,(H,21,23). The Balaban J connectivity index is 1.82. The maximum atomic E-state index is 12.2. The van der Waals surface area contributed by atoms with Gasteiger partial charge in [0.15, 0.2) is 0 Å². The number of amides is 1. The molecule has 2 N–H and O–H groups in total. The summed E-state index contributed by atoms with van der Waals surface area (Å²) in [5, 5.41) is 12.3. The maximum absolute atomic E-state index is 12.2. The molecule has 0 spiro atoms. The molecule has 1 amide bonds. The van der Waals surface area contributed by atoms with E-state index in [9.17, 15) is 9.90 Å². The van der Waals surface area contributed by atoms with E-state index >= 15 is 0 Å². The molecule has 23 heavy (non-hydrogen) atoms. The van der Waals surface area contributed by atoms with Crippen molar-refractivity contribution in [1.29, 1.82) is 0 Å². The number of hydrogen-bond acceptors (Lipinski definition) is 2. The van der Waals surface area contributed by atoms with Crippen LogP contribution in [0.1, 0.15) is 35.6 Å². The number of carbonyl (C=O) groups is 1. The van der Waals surface area contributed by atoms with Gasteiger partial charge in [0.1, 0.15) is 5.75 Å². The minimum absolute atomic E-state index is 0.0666. The largest absolute Gasteiger partial charge is 0.508 e. The average Bonchev–Trinajstić information content (AvgIpc) is 2.50. The first-order valence-electron chi connectivity index (χ1n) is 8.07. The van der Waals surface area contributed by atoms with Crippen LogP contribution in [0.15, 0.2) is 42.5 Å². The van der Waals surface area contributed by atoms with Crippen LogP contribution in [0, 0.1) is 13.8 Å². The third-order valence-corrected chi connectivity index (χ3v) is 4.07. The number of nitrogens with one attached hydrogen (secondary N) is 1. The summed E-state index contributed by atoms with van der Waals surface area (Å²) in [6.07, 6.45) is 2.19. The van der Waals surface area contributed by atoms with Crippen LogP contribution in [0.2, 0.25) is 0 Å². The molecule has 1 atom stereocenters. The van der Waals surface area contributed by atoms with Gasteiger partial charge < -0.3 is 10.4 Å². The van der Waals surface area contributed by atoms with E-state index in [1.165, 1.54) is 11.1 Å². The zero-order chi connectivity index (χ0) is 16.8. The van der Waals surface area contributed by atoms with Crippen LogP contribution < -0.4 is 5.32 Å². The highest BCUT2D eigenvalue weighted by Crippen LogP contribution is 2.13. The molecule has 0 aromatic heterocycles. The van der Waals surface area contributed by atoms with E-state index in [1.54, 1.807) is 12.1 Å². The lowest BCUT2D eigenvalue weighted by Gasteiger charge is -2.15. The van der Waals surface area contributed by atoms with Gasteiger partial charge in [0.2, 0.25) is 5.91 Å². The van der Waals surface area contributed by atoms with Crippen LogP contribution in [0.5, 0.6) is 5.75 Å². The number of rotatable bonds is 6. The van der Waals surface area contributed by atoms with Gasteiger partial charge in [0.05, 0.1) is 6.42 Å². The zero-order valence-electron chi connectivity index (χ0n) is 14.1. The minimum Gasteiger partial charge on any atom is -0.508 e. The average molecular weight is 311 g/mol. The van der Waals surface area contributed by atoms with Crippen molar-refractivity contribution in [2.24, 2.45) is 0 Å². The minimum atomic E-state index is 0.0666. The third kappa shape index (κ3) is 5.44. The summed E-state index contributed by atoms with van der Waals surface area (Å²) in [7, 11) is 0. The molecule has 3 nitrogen and oxygen atoms in total. The van der Waals surface area contributed by atoms with Gasteiger partial charge in [-0.1, -0.05) is 35.9 Å². The Morgan fingerprint density at radius 3 is 2.52 bits per heavy atom. The van der Waals surface area contributed by atoms with Gasteiger partial charge in [0, 0.05) is 6.04 Å². The molecule has 2 aromatic carbocycles. The molecule has 0 saturated carbocycles. The quantitative estimate of drug-likeness (QED) is 0.855. The smallest absolute Gasteiger partial charge is 0.224 e. The first-order valence-corrected chi connectivity index (χ1v) is 8.07. The second kappa shape index (κ2) is 7.82. The van der Waals surface area contributed by atoms with E-state index in [2.05, 4.69) is 23.5 Å². The SMILES string of the molecule is Cc1ccc(C)c(CC(=O)NC(C)CCc2ccc(O)cc2)c1. The highest BCUT2D eigenvalue weighted by Gasteiger charge is 2.10. The molecule has 0 heterocycles. The van der Waals surface area contributed by atoms with Gasteiger partial charge >= 0.3 is 0 Å². The highest BCUT2D eigenvalue weighted by atomic mass is 16.3. The lowest BCUT2D eigenvalue weighted by molar-refractivity contribution is -0.121. The Labute approximate surface area is 138 Å². The van der Waals surface area contributed by atoms with Crippen molar-refractivity contribution in [3.05, 3.63) is 64.7 Å². The number of aryl methyl sites for hydroxylation is 3. The van der Waals surface area contributed by atoms with E-state index in [0.717, 1.165) is 24.0 Å². The molecule has 1 unspecified atom stereocenters. The molecule has 2 rings (SSSR count). The van der Waals surface area contributed by atoms with Crippen molar-refractivity contribution in [3.8, 4) is 5.75 Å². The lowest BCUT2D eigenvalue weighted by atomic mass is 10.0. The molecule has 0 aliphatic carbocycles. The van der Waals surface area contributed by atoms with Gasteiger partial charge in [-0.05, 0) is 62.4 Å². The van der Waals surface area contributed by atoms with Crippen molar-refractivity contribution in [2.75, 3.05) is 0 Å². The highest BCUT2D eigenvalue weighted by molar-refractivity contribution is 5.79. The van der Waals surface area contributed by atoms with Crippen LogP contribution >= 0.6 is 0 Å². The number of benzene rings is 2. The Kier molecular flexibility index (Phi) is 5.80. The zero-order valence-corrected chi connectivity index (χ0v) is 14.1. The van der Waals surface area contributed by atoms with E-state index in [1.807, 2.05) is 32.9 Å². The summed E-state index contributed by atoms with van der Waals surface area (Å²) in [5.41, 5.74) is 4.59. The summed E-state index contributed by atoms with van der Waals surface area (Å²) >= 11 is 0. The van der Waals surface area contributed by atoms with Gasteiger partial charge in [-0.15, -0.1) is 0 Å². The molecule has 0 aliphatic rings. The number of phenolic OH excluding ortho intramolecular Hbond substituents is 1. The molecule has 2 aromatic rings. The summed E-state index contributed by atoms with van der Waals surface area (Å²) in [6, 6.07) is 13.6. The summed E-state index contributed by atoms with van der Waals surface area (Å²) in [6.45, 7) is 6.11. The fourth-order valence-corrected chi connectivity index (χ4v) is 2.61. The van der Waals surface area contributed by atoms with Crippen LogP contribution in [0.3, 0.4) is 0 Å². The monoisotopic (exact) mass is 311 g/mol. The number of hydrogen-bond donors (Lipinski definition) is 2. The van der Waals surface area contributed by atoms with Crippen LogP contribution in [0.4, 0.5) is 0 Å². The fraction of sp³-hybridized carbons (Fsp3) is 0.350. The van der Waals surface area contributed by atoms with E-state index in [4.69, 9.17) is 0 Å². The Morgan fingerprint density at radius 1 is 1.13 bits per heavy atom. The molecule has 0 radical (unpaired) electrons. The Morgan fingerprint density at radius 2 is 1.83 bits per heavy atom. The van der Waals surface area contributed by atoms with E-state index < -0.39 is 0 Å². The molecule has 0 saturated heterocycles. The first kappa shape index (κ1) is 17.1. The molecule has 0 fully saturated rings. The van der Waals surface area contributed by atoms with Crippen molar-refractivity contribution in [3.63, 3.8) is 0 Å². The van der Waals surface area contributed by atoms with Crippen LogP contribution in [-0.4, -0.2) is 17.1 Å². The van der Waals surface area contributed by atoms with Crippen molar-refractivity contribution < 1.29 is 9.90 Å². The molecular formula is C20H25NO2. The van der Waals surface area contributed by atoms with E-state index in [0.29, 0.717) is 6.42 Å². The summed E-state index contributed by atoms with van der Waals surface area (Å²) in [5.74, 6) is 0.348. The lowest BCUT2D eigenvalue weighted by Crippen LogP contribution is -2.34. The summed E-state index contributed by atoms with van der Waals surface area (Å²) < 4.78 is 0. The number of carbonyl (C=O) groups excluding carboxylic acids is 1. The van der Waals surface area contributed by atoms with Gasteiger partial charge in [-0.3, -0.25) is 4.79 Å². The van der Waals surface area contributed by atoms with Gasteiger partial charge in [0.25, 0.3) is 0 Å². The first-order chi connectivity index (χ1) is 10.9. The van der Waals surface area contributed by atoms with Crippen molar-refractivity contribution in [1.82, 2.24) is 5.32 Å². The summed E-state index contributed by atoms with van der Waals surface area (Å²) in [4.78, 5) is 12.2. The van der Waals surface area contributed by atoms with E-state index in [-0.39, 0.29) is 17.7 Å². The molecule has 122 valence electrons. The molecule has 3 heteroatoms. The van der Waals surface area contributed by atoms with Crippen molar-refractivity contribution in [2.45, 2.75) is 46.1 Å². The predicted molar refractivity (Wildman–Crippen MR) is 93.7 cm³/mol. The fourth-order valence-electron chi connectivity index (χ4n) is 2.61. The number of phenols is 1. The van der Waals surface area contributed by atoms with Gasteiger partial charge in [-0.25, -0.2) is 0 Å². The Bertz CT molecular complexity index is 662. The second-order valence-electron chi connectivity index (χ2n) is 6.28. The van der Waals surface area contributed by atoms with Crippen LogP contribution in [-0.2, 0) is 17.6 Å². The number of aromatic hydroxyl groups is 1. The molecule has 0 aliphatic heterocycles. The predicted octanol–water partition coefficient (Wildman–Crippen LogP) is 3.69. The topological polar surface area (TPSA) is 49.3 Å². The van der Waals surface area contributed by atoms with Crippen LogP contribution in [0.25, 0.3) is 0 Å². The second-order valence-corrected chi connectivity index (χ2v) is 6.28. The third-order valence-electron chi connectivity index (χ3n) is 4.07. The Hall–Kier alpha value is -2.29. The van der Waals surface area contributed by atoms with Gasteiger partial charge in [-0.2, -0.15) is 0 Å². The normalized spacial score (nSPS) is 12.0. The maximum Gasteiger partial charge on any atom is 0.224 e. The van der Waals surface area contributed by atoms with Crippen molar-refractivity contribution >= 4 is 5.91 Å². The molecule has 0 bridgehead atoms.